The largest absolute Gasteiger partial charge is 0.328 e. The third kappa shape index (κ3) is 3.47. The van der Waals surface area contributed by atoms with Crippen molar-refractivity contribution in [3.05, 3.63) is 29.3 Å². The van der Waals surface area contributed by atoms with Crippen molar-refractivity contribution in [3.63, 3.8) is 0 Å². The van der Waals surface area contributed by atoms with Gasteiger partial charge in [0.05, 0.1) is 4.90 Å². The molecule has 1 aromatic rings. The summed E-state index contributed by atoms with van der Waals surface area (Å²) in [4.78, 5) is 0.444. The summed E-state index contributed by atoms with van der Waals surface area (Å²) in [5.41, 5.74) is 7.72. The normalized spacial score (nSPS) is 23.5. The van der Waals surface area contributed by atoms with E-state index < -0.39 is 10.0 Å². The SMILES string of the molecule is CCN(C1CCC(N)CC1)S(=O)(=O)c1cc(C)ccc1C. The summed E-state index contributed by atoms with van der Waals surface area (Å²) in [6, 6.07) is 5.92. The van der Waals surface area contributed by atoms with Crippen LogP contribution in [0.15, 0.2) is 23.1 Å². The quantitative estimate of drug-likeness (QED) is 0.929. The summed E-state index contributed by atoms with van der Waals surface area (Å²) in [6.07, 6.45) is 3.53. The Kier molecular flexibility index (Phi) is 5.07. The number of benzene rings is 1. The first-order valence-electron chi connectivity index (χ1n) is 7.71. The second-order valence-corrected chi connectivity index (χ2v) is 7.90. The molecule has 1 aliphatic rings. The van der Waals surface area contributed by atoms with Crippen molar-refractivity contribution >= 4 is 10.0 Å². The van der Waals surface area contributed by atoms with Gasteiger partial charge in [-0.25, -0.2) is 8.42 Å². The van der Waals surface area contributed by atoms with E-state index >= 15 is 0 Å². The van der Waals surface area contributed by atoms with Gasteiger partial charge in [0.25, 0.3) is 0 Å². The van der Waals surface area contributed by atoms with E-state index in [-0.39, 0.29) is 12.1 Å². The predicted octanol–water partition coefficient (Wildman–Crippen LogP) is 2.58. The Bertz CT molecular complexity index is 590. The van der Waals surface area contributed by atoms with E-state index in [1.165, 1.54) is 0 Å². The molecule has 118 valence electrons. The number of hydrogen-bond acceptors (Lipinski definition) is 3. The highest BCUT2D eigenvalue weighted by atomic mass is 32.2. The molecule has 0 unspecified atom stereocenters. The van der Waals surface area contributed by atoms with Crippen LogP contribution in [0.2, 0.25) is 0 Å². The van der Waals surface area contributed by atoms with Gasteiger partial charge < -0.3 is 5.73 Å². The van der Waals surface area contributed by atoms with Gasteiger partial charge in [0.1, 0.15) is 0 Å². The van der Waals surface area contributed by atoms with Crippen LogP contribution in [0.25, 0.3) is 0 Å². The van der Waals surface area contributed by atoms with Crippen LogP contribution in [0.5, 0.6) is 0 Å². The molecule has 0 spiro atoms. The van der Waals surface area contributed by atoms with Crippen molar-refractivity contribution < 1.29 is 8.42 Å². The number of aryl methyl sites for hydroxylation is 2. The lowest BCUT2D eigenvalue weighted by Crippen LogP contribution is -2.44. The first-order chi connectivity index (χ1) is 9.86. The Morgan fingerprint density at radius 3 is 2.38 bits per heavy atom. The van der Waals surface area contributed by atoms with Gasteiger partial charge in [-0.3, -0.25) is 0 Å². The third-order valence-corrected chi connectivity index (χ3v) is 6.56. The second kappa shape index (κ2) is 6.46. The molecule has 1 aliphatic carbocycles. The Labute approximate surface area is 128 Å². The van der Waals surface area contributed by atoms with E-state index in [2.05, 4.69) is 0 Å². The fraction of sp³-hybridized carbons (Fsp3) is 0.625. The molecule has 0 heterocycles. The van der Waals surface area contributed by atoms with E-state index in [4.69, 9.17) is 5.73 Å². The standard InChI is InChI=1S/C16H26N2O2S/c1-4-18(15-9-7-14(17)8-10-15)21(19,20)16-11-12(2)5-6-13(16)3/h5-6,11,14-15H,4,7-10,17H2,1-3H3. The molecule has 1 fully saturated rings. The maximum absolute atomic E-state index is 13.0. The van der Waals surface area contributed by atoms with E-state index in [0.717, 1.165) is 36.8 Å². The summed E-state index contributed by atoms with van der Waals surface area (Å²) < 4.78 is 27.7. The summed E-state index contributed by atoms with van der Waals surface area (Å²) >= 11 is 0. The zero-order valence-electron chi connectivity index (χ0n) is 13.2. The minimum Gasteiger partial charge on any atom is -0.328 e. The Hall–Kier alpha value is -0.910. The van der Waals surface area contributed by atoms with Crippen LogP contribution >= 0.6 is 0 Å². The summed E-state index contributed by atoms with van der Waals surface area (Å²) in [7, 11) is -3.43. The number of nitrogens with two attached hydrogens (primary N) is 1. The van der Waals surface area contributed by atoms with Gasteiger partial charge in [-0.1, -0.05) is 19.1 Å². The van der Waals surface area contributed by atoms with Crippen LogP contribution in [-0.4, -0.2) is 31.4 Å². The number of hydrogen-bond donors (Lipinski definition) is 1. The molecule has 0 atom stereocenters. The van der Waals surface area contributed by atoms with E-state index in [9.17, 15) is 8.42 Å². The minimum absolute atomic E-state index is 0.0831. The molecule has 0 radical (unpaired) electrons. The molecule has 1 aromatic carbocycles. The predicted molar refractivity (Wildman–Crippen MR) is 85.7 cm³/mol. The molecular weight excluding hydrogens is 284 g/mol. The van der Waals surface area contributed by atoms with Crippen molar-refractivity contribution in [1.29, 1.82) is 0 Å². The smallest absolute Gasteiger partial charge is 0.243 e. The van der Waals surface area contributed by atoms with Crippen LogP contribution < -0.4 is 5.73 Å². The summed E-state index contributed by atoms with van der Waals surface area (Å²) in [5, 5.41) is 0. The Morgan fingerprint density at radius 1 is 1.19 bits per heavy atom. The Balaban J connectivity index is 2.33. The van der Waals surface area contributed by atoms with Gasteiger partial charge in [0.2, 0.25) is 10.0 Å². The van der Waals surface area contributed by atoms with Gasteiger partial charge in [-0.2, -0.15) is 4.31 Å². The highest BCUT2D eigenvalue weighted by Crippen LogP contribution is 2.29. The molecule has 2 N–H and O–H groups in total. The van der Waals surface area contributed by atoms with Gasteiger partial charge in [0, 0.05) is 18.6 Å². The molecule has 0 saturated heterocycles. The highest BCUT2D eigenvalue weighted by molar-refractivity contribution is 7.89. The van der Waals surface area contributed by atoms with Crippen molar-refractivity contribution in [2.45, 2.75) is 63.4 Å². The molecule has 1 saturated carbocycles. The molecular formula is C16H26N2O2S. The van der Waals surface area contributed by atoms with Crippen molar-refractivity contribution in [1.82, 2.24) is 4.31 Å². The second-order valence-electron chi connectivity index (χ2n) is 6.05. The van der Waals surface area contributed by atoms with Gasteiger partial charge in [-0.15, -0.1) is 0 Å². The van der Waals surface area contributed by atoms with Crippen molar-refractivity contribution in [2.75, 3.05) is 6.54 Å². The fourth-order valence-electron chi connectivity index (χ4n) is 3.13. The van der Waals surface area contributed by atoms with E-state index in [1.54, 1.807) is 10.4 Å². The number of sulfonamides is 1. The molecule has 0 amide bonds. The monoisotopic (exact) mass is 310 g/mol. The average Bonchev–Trinajstić information content (AvgIpc) is 2.44. The average molecular weight is 310 g/mol. The molecule has 4 nitrogen and oxygen atoms in total. The van der Waals surface area contributed by atoms with Crippen LogP contribution in [0, 0.1) is 13.8 Å². The van der Waals surface area contributed by atoms with E-state index in [1.807, 2.05) is 32.9 Å². The third-order valence-electron chi connectivity index (χ3n) is 4.39. The van der Waals surface area contributed by atoms with Crippen LogP contribution in [0.3, 0.4) is 0 Å². The lowest BCUT2D eigenvalue weighted by Gasteiger charge is -2.34. The summed E-state index contributed by atoms with van der Waals surface area (Å²) in [5.74, 6) is 0. The van der Waals surface area contributed by atoms with Gasteiger partial charge in [-0.05, 0) is 56.7 Å². The number of rotatable bonds is 4. The topological polar surface area (TPSA) is 63.4 Å². The maximum atomic E-state index is 13.0. The van der Waals surface area contributed by atoms with Crippen LogP contribution in [-0.2, 0) is 10.0 Å². The van der Waals surface area contributed by atoms with Crippen LogP contribution in [0.1, 0.15) is 43.7 Å². The van der Waals surface area contributed by atoms with Crippen molar-refractivity contribution in [2.24, 2.45) is 5.73 Å². The zero-order valence-corrected chi connectivity index (χ0v) is 14.0. The molecule has 5 heteroatoms. The highest BCUT2D eigenvalue weighted by Gasteiger charge is 2.33. The molecule has 0 aliphatic heterocycles. The minimum atomic E-state index is -3.43. The first-order valence-corrected chi connectivity index (χ1v) is 9.15. The first kappa shape index (κ1) is 16.5. The van der Waals surface area contributed by atoms with Gasteiger partial charge in [0.15, 0.2) is 0 Å². The lowest BCUT2D eigenvalue weighted by atomic mass is 9.92. The van der Waals surface area contributed by atoms with Gasteiger partial charge >= 0.3 is 0 Å². The van der Waals surface area contributed by atoms with Crippen LogP contribution in [0.4, 0.5) is 0 Å². The molecule has 0 bridgehead atoms. The number of nitrogens with zero attached hydrogens (tertiary/aromatic N) is 1. The molecule has 21 heavy (non-hydrogen) atoms. The zero-order chi connectivity index (χ0) is 15.6. The molecule has 0 aromatic heterocycles. The van der Waals surface area contributed by atoms with Crippen molar-refractivity contribution in [3.8, 4) is 0 Å². The fourth-order valence-corrected chi connectivity index (χ4v) is 5.13. The van der Waals surface area contributed by atoms with E-state index in [0.29, 0.717) is 11.4 Å². The lowest BCUT2D eigenvalue weighted by molar-refractivity contribution is 0.247. The molecule has 2 rings (SSSR count). The maximum Gasteiger partial charge on any atom is 0.243 e. The Morgan fingerprint density at radius 2 is 1.81 bits per heavy atom. The summed E-state index contributed by atoms with van der Waals surface area (Å²) in [6.45, 7) is 6.21.